The number of rotatable bonds is 4. The van der Waals surface area contributed by atoms with Crippen LogP contribution in [0.2, 0.25) is 0 Å². The first-order chi connectivity index (χ1) is 9.61. The van der Waals surface area contributed by atoms with Crippen LogP contribution in [0.5, 0.6) is 0 Å². The molecule has 1 heterocycles. The maximum atomic E-state index is 12.0. The molecule has 0 radical (unpaired) electrons. The lowest BCUT2D eigenvalue weighted by molar-refractivity contribution is -0.137. The van der Waals surface area contributed by atoms with Crippen LogP contribution < -0.4 is 5.32 Å². The lowest BCUT2D eigenvalue weighted by Crippen LogP contribution is -2.48. The second-order valence-electron chi connectivity index (χ2n) is 6.28. The molecule has 2 amide bonds. The van der Waals surface area contributed by atoms with E-state index in [1.54, 1.807) is 0 Å². The fraction of sp³-hybridized carbons (Fsp3) is 0.867. The number of likely N-dealkylation sites (tertiary alicyclic amines) is 1. The molecular formula is C15H26N2O3. The number of hydrogen-bond donors (Lipinski definition) is 2. The Balaban J connectivity index is 1.67. The summed E-state index contributed by atoms with van der Waals surface area (Å²) in [6, 6.07) is -0.0268. The van der Waals surface area contributed by atoms with Crippen molar-refractivity contribution < 1.29 is 14.7 Å². The van der Waals surface area contributed by atoms with Gasteiger partial charge < -0.3 is 15.3 Å². The third-order valence-corrected chi connectivity index (χ3v) is 4.87. The Morgan fingerprint density at radius 1 is 1.05 bits per heavy atom. The Bertz CT molecular complexity index is 341. The SMILES string of the molecule is O=C(O)CCCNC(=O)N1CCC2(CCCCC2)CC1. The Kier molecular flexibility index (Phi) is 5.26. The summed E-state index contributed by atoms with van der Waals surface area (Å²) >= 11 is 0. The summed E-state index contributed by atoms with van der Waals surface area (Å²) in [4.78, 5) is 24.3. The van der Waals surface area contributed by atoms with E-state index in [0.717, 1.165) is 25.9 Å². The first-order valence-electron chi connectivity index (χ1n) is 7.86. The van der Waals surface area contributed by atoms with Crippen molar-refractivity contribution >= 4 is 12.0 Å². The second kappa shape index (κ2) is 6.95. The Labute approximate surface area is 120 Å². The highest BCUT2D eigenvalue weighted by Gasteiger charge is 2.36. The van der Waals surface area contributed by atoms with Crippen LogP contribution in [0.3, 0.4) is 0 Å². The van der Waals surface area contributed by atoms with Crippen molar-refractivity contribution in [1.29, 1.82) is 0 Å². The number of carboxylic acids is 1. The molecule has 1 saturated heterocycles. The van der Waals surface area contributed by atoms with Gasteiger partial charge in [0.1, 0.15) is 0 Å². The summed E-state index contributed by atoms with van der Waals surface area (Å²) in [6.45, 7) is 2.16. The van der Waals surface area contributed by atoms with E-state index < -0.39 is 5.97 Å². The van der Waals surface area contributed by atoms with E-state index in [2.05, 4.69) is 5.32 Å². The summed E-state index contributed by atoms with van der Waals surface area (Å²) in [7, 11) is 0. The topological polar surface area (TPSA) is 69.6 Å². The molecule has 1 aliphatic carbocycles. The van der Waals surface area contributed by atoms with Gasteiger partial charge in [-0.15, -0.1) is 0 Å². The Hall–Kier alpha value is -1.26. The first kappa shape index (κ1) is 15.1. The quantitative estimate of drug-likeness (QED) is 0.779. The summed E-state index contributed by atoms with van der Waals surface area (Å²) < 4.78 is 0. The number of carboxylic acid groups (broad SMARTS) is 1. The van der Waals surface area contributed by atoms with Gasteiger partial charge in [-0.1, -0.05) is 19.3 Å². The number of hydrogen-bond acceptors (Lipinski definition) is 2. The molecule has 1 saturated carbocycles. The van der Waals surface area contributed by atoms with Crippen molar-refractivity contribution in [3.8, 4) is 0 Å². The third kappa shape index (κ3) is 4.12. The fourth-order valence-electron chi connectivity index (χ4n) is 3.53. The molecule has 2 fully saturated rings. The van der Waals surface area contributed by atoms with Crippen LogP contribution in [-0.2, 0) is 4.79 Å². The highest BCUT2D eigenvalue weighted by atomic mass is 16.4. The molecule has 114 valence electrons. The number of nitrogens with zero attached hydrogens (tertiary/aromatic N) is 1. The van der Waals surface area contributed by atoms with Crippen LogP contribution in [0.1, 0.15) is 57.8 Å². The minimum absolute atomic E-state index is 0.0268. The van der Waals surface area contributed by atoms with Crippen LogP contribution in [0.25, 0.3) is 0 Å². The molecule has 0 atom stereocenters. The van der Waals surface area contributed by atoms with E-state index >= 15 is 0 Å². The standard InChI is InChI=1S/C15H26N2O3/c18-13(19)5-4-10-16-14(20)17-11-8-15(9-12-17)6-2-1-3-7-15/h1-12H2,(H,16,20)(H,18,19). The number of aliphatic carboxylic acids is 1. The molecule has 0 aromatic carbocycles. The molecule has 1 aliphatic heterocycles. The molecule has 1 spiro atoms. The van der Waals surface area contributed by atoms with Crippen LogP contribution in [0.4, 0.5) is 4.79 Å². The minimum atomic E-state index is -0.809. The smallest absolute Gasteiger partial charge is 0.317 e. The van der Waals surface area contributed by atoms with Crippen molar-refractivity contribution in [2.24, 2.45) is 5.41 Å². The van der Waals surface area contributed by atoms with Crippen LogP contribution >= 0.6 is 0 Å². The number of nitrogens with one attached hydrogen (secondary N) is 1. The summed E-state index contributed by atoms with van der Waals surface area (Å²) in [6.07, 6.45) is 9.62. The zero-order chi connectivity index (χ0) is 14.4. The average molecular weight is 282 g/mol. The summed E-state index contributed by atoms with van der Waals surface area (Å²) in [5.74, 6) is -0.809. The predicted octanol–water partition coefficient (Wildman–Crippen LogP) is 2.61. The van der Waals surface area contributed by atoms with Gasteiger partial charge in [-0.05, 0) is 37.5 Å². The molecule has 0 unspecified atom stereocenters. The lowest BCUT2D eigenvalue weighted by Gasteiger charge is -2.44. The van der Waals surface area contributed by atoms with Crippen molar-refractivity contribution in [2.45, 2.75) is 57.8 Å². The molecule has 0 aromatic rings. The molecule has 5 heteroatoms. The van der Waals surface area contributed by atoms with Gasteiger partial charge in [0, 0.05) is 26.1 Å². The fourth-order valence-corrected chi connectivity index (χ4v) is 3.53. The van der Waals surface area contributed by atoms with Gasteiger partial charge in [-0.25, -0.2) is 4.79 Å². The number of piperidine rings is 1. The molecular weight excluding hydrogens is 256 g/mol. The van der Waals surface area contributed by atoms with Crippen LogP contribution in [0, 0.1) is 5.41 Å². The minimum Gasteiger partial charge on any atom is -0.481 e. The van der Waals surface area contributed by atoms with Crippen LogP contribution in [0.15, 0.2) is 0 Å². The molecule has 0 aromatic heterocycles. The van der Waals surface area contributed by atoms with E-state index in [4.69, 9.17) is 5.11 Å². The number of amides is 2. The zero-order valence-corrected chi connectivity index (χ0v) is 12.2. The van der Waals surface area contributed by atoms with Crippen molar-refractivity contribution in [1.82, 2.24) is 10.2 Å². The number of carbonyl (C=O) groups excluding carboxylic acids is 1. The monoisotopic (exact) mass is 282 g/mol. The average Bonchev–Trinajstić information content (AvgIpc) is 2.45. The Morgan fingerprint density at radius 2 is 1.70 bits per heavy atom. The largest absolute Gasteiger partial charge is 0.481 e. The van der Waals surface area contributed by atoms with E-state index in [9.17, 15) is 9.59 Å². The van der Waals surface area contributed by atoms with E-state index in [1.807, 2.05) is 4.90 Å². The van der Waals surface area contributed by atoms with Crippen LogP contribution in [-0.4, -0.2) is 41.6 Å². The van der Waals surface area contributed by atoms with Crippen molar-refractivity contribution in [3.05, 3.63) is 0 Å². The van der Waals surface area contributed by atoms with Crippen molar-refractivity contribution in [2.75, 3.05) is 19.6 Å². The molecule has 0 bridgehead atoms. The third-order valence-electron chi connectivity index (χ3n) is 4.87. The van der Waals surface area contributed by atoms with Gasteiger partial charge in [0.15, 0.2) is 0 Å². The predicted molar refractivity (Wildman–Crippen MR) is 76.6 cm³/mol. The highest BCUT2D eigenvalue weighted by molar-refractivity contribution is 5.74. The van der Waals surface area contributed by atoms with Gasteiger partial charge in [0.2, 0.25) is 0 Å². The highest BCUT2D eigenvalue weighted by Crippen LogP contribution is 2.44. The molecule has 2 N–H and O–H groups in total. The normalized spacial score (nSPS) is 21.7. The zero-order valence-electron chi connectivity index (χ0n) is 12.2. The van der Waals surface area contributed by atoms with Gasteiger partial charge in [-0.3, -0.25) is 4.79 Å². The molecule has 20 heavy (non-hydrogen) atoms. The summed E-state index contributed by atoms with van der Waals surface area (Å²) in [5, 5.41) is 11.4. The number of carbonyl (C=O) groups is 2. The maximum Gasteiger partial charge on any atom is 0.317 e. The van der Waals surface area contributed by atoms with Gasteiger partial charge in [-0.2, -0.15) is 0 Å². The van der Waals surface area contributed by atoms with E-state index in [0.29, 0.717) is 18.4 Å². The van der Waals surface area contributed by atoms with Gasteiger partial charge in [0.05, 0.1) is 0 Å². The molecule has 5 nitrogen and oxygen atoms in total. The summed E-state index contributed by atoms with van der Waals surface area (Å²) in [5.41, 5.74) is 0.512. The number of urea groups is 1. The first-order valence-corrected chi connectivity index (χ1v) is 7.86. The van der Waals surface area contributed by atoms with Crippen molar-refractivity contribution in [3.63, 3.8) is 0 Å². The maximum absolute atomic E-state index is 12.0. The molecule has 2 rings (SSSR count). The molecule has 2 aliphatic rings. The van der Waals surface area contributed by atoms with E-state index in [1.165, 1.54) is 32.1 Å². The van der Waals surface area contributed by atoms with Gasteiger partial charge in [0.25, 0.3) is 0 Å². The second-order valence-corrected chi connectivity index (χ2v) is 6.28. The van der Waals surface area contributed by atoms with E-state index in [-0.39, 0.29) is 12.5 Å². The lowest BCUT2D eigenvalue weighted by atomic mass is 9.68. The Morgan fingerprint density at radius 3 is 2.30 bits per heavy atom. The van der Waals surface area contributed by atoms with Gasteiger partial charge >= 0.3 is 12.0 Å².